The van der Waals surface area contributed by atoms with Gasteiger partial charge in [-0.2, -0.15) is 12.6 Å². The number of methoxy groups -OCH3 is 2. The Kier molecular flexibility index (Phi) is 7.18. The zero-order valence-electron chi connectivity index (χ0n) is 11.3. The van der Waals surface area contributed by atoms with Crippen LogP contribution in [0.3, 0.4) is 0 Å². The van der Waals surface area contributed by atoms with Crippen molar-refractivity contribution >= 4 is 18.6 Å². The van der Waals surface area contributed by atoms with Gasteiger partial charge in [0.2, 0.25) is 0 Å². The lowest BCUT2D eigenvalue weighted by Crippen LogP contribution is -2.04. The average molecular weight is 284 g/mol. The zero-order valence-corrected chi connectivity index (χ0v) is 12.2. The SMILES string of the molecule is COC(=O)c1ccc(OCCCCCS)c(OC)c1. The third-order valence-corrected chi connectivity index (χ3v) is 2.96. The van der Waals surface area contributed by atoms with E-state index in [-0.39, 0.29) is 0 Å². The van der Waals surface area contributed by atoms with E-state index >= 15 is 0 Å². The van der Waals surface area contributed by atoms with Crippen molar-refractivity contribution in [1.29, 1.82) is 0 Å². The van der Waals surface area contributed by atoms with Crippen LogP contribution in [0.4, 0.5) is 0 Å². The Labute approximate surface area is 119 Å². The van der Waals surface area contributed by atoms with Gasteiger partial charge in [0.05, 0.1) is 26.4 Å². The average Bonchev–Trinajstić information content (AvgIpc) is 2.46. The Balaban J connectivity index is 2.60. The van der Waals surface area contributed by atoms with Crippen LogP contribution in [0.15, 0.2) is 18.2 Å². The summed E-state index contributed by atoms with van der Waals surface area (Å²) in [6.45, 7) is 0.627. The molecule has 0 atom stereocenters. The number of hydrogen-bond acceptors (Lipinski definition) is 5. The molecule has 0 saturated carbocycles. The summed E-state index contributed by atoms with van der Waals surface area (Å²) < 4.78 is 15.5. The van der Waals surface area contributed by atoms with Gasteiger partial charge in [-0.3, -0.25) is 0 Å². The number of esters is 1. The Hall–Kier alpha value is -1.36. The molecule has 106 valence electrons. The van der Waals surface area contributed by atoms with Gasteiger partial charge in [-0.15, -0.1) is 0 Å². The first kappa shape index (κ1) is 15.7. The summed E-state index contributed by atoms with van der Waals surface area (Å²) in [5.41, 5.74) is 0.446. The van der Waals surface area contributed by atoms with Crippen molar-refractivity contribution in [2.24, 2.45) is 0 Å². The smallest absolute Gasteiger partial charge is 0.337 e. The Morgan fingerprint density at radius 3 is 2.58 bits per heavy atom. The summed E-state index contributed by atoms with van der Waals surface area (Å²) in [5, 5.41) is 0. The minimum absolute atomic E-state index is 0.390. The van der Waals surface area contributed by atoms with Crippen LogP contribution in [0.2, 0.25) is 0 Å². The van der Waals surface area contributed by atoms with Crippen molar-refractivity contribution in [3.8, 4) is 11.5 Å². The van der Waals surface area contributed by atoms with Gasteiger partial charge >= 0.3 is 5.97 Å². The minimum Gasteiger partial charge on any atom is -0.493 e. The molecule has 0 spiro atoms. The first-order chi connectivity index (χ1) is 9.22. The van der Waals surface area contributed by atoms with Crippen molar-refractivity contribution in [1.82, 2.24) is 0 Å². The van der Waals surface area contributed by atoms with Crippen molar-refractivity contribution in [3.05, 3.63) is 23.8 Å². The molecule has 1 aromatic carbocycles. The van der Waals surface area contributed by atoms with E-state index in [2.05, 4.69) is 17.4 Å². The second kappa shape index (κ2) is 8.69. The van der Waals surface area contributed by atoms with Crippen LogP contribution in [-0.4, -0.2) is 32.5 Å². The van der Waals surface area contributed by atoms with Gasteiger partial charge in [-0.05, 0) is 43.2 Å². The van der Waals surface area contributed by atoms with Crippen molar-refractivity contribution in [2.75, 3.05) is 26.6 Å². The van der Waals surface area contributed by atoms with Crippen LogP contribution in [0.25, 0.3) is 0 Å². The summed E-state index contributed by atoms with van der Waals surface area (Å²) in [6, 6.07) is 5.01. The first-order valence-corrected chi connectivity index (χ1v) is 6.86. The molecule has 0 unspecified atom stereocenters. The van der Waals surface area contributed by atoms with Crippen LogP contribution in [0, 0.1) is 0 Å². The number of carbonyl (C=O) groups is 1. The van der Waals surface area contributed by atoms with Gasteiger partial charge in [-0.25, -0.2) is 4.79 Å². The van der Waals surface area contributed by atoms with Crippen LogP contribution in [0.5, 0.6) is 11.5 Å². The number of hydrogen-bond donors (Lipinski definition) is 1. The molecule has 0 heterocycles. The van der Waals surface area contributed by atoms with Crippen LogP contribution in [0.1, 0.15) is 29.6 Å². The maximum absolute atomic E-state index is 11.4. The molecule has 0 aromatic heterocycles. The standard InChI is InChI=1S/C14H20O4S/c1-16-13-10-11(14(15)17-2)6-7-12(13)18-8-4-3-5-9-19/h6-7,10,19H,3-5,8-9H2,1-2H3. The van der Waals surface area contributed by atoms with E-state index in [0.717, 1.165) is 25.0 Å². The fraction of sp³-hybridized carbons (Fsp3) is 0.500. The number of unbranched alkanes of at least 4 members (excludes halogenated alkanes) is 2. The lowest BCUT2D eigenvalue weighted by molar-refractivity contribution is 0.0600. The molecule has 0 fully saturated rings. The highest BCUT2D eigenvalue weighted by molar-refractivity contribution is 7.80. The van der Waals surface area contributed by atoms with Crippen molar-refractivity contribution in [3.63, 3.8) is 0 Å². The summed E-state index contributed by atoms with van der Waals surface area (Å²) in [4.78, 5) is 11.4. The molecule has 19 heavy (non-hydrogen) atoms. The van der Waals surface area contributed by atoms with Crippen molar-refractivity contribution in [2.45, 2.75) is 19.3 Å². The predicted molar refractivity (Wildman–Crippen MR) is 77.5 cm³/mol. The molecule has 1 rings (SSSR count). The molecule has 0 bridgehead atoms. The molecule has 0 saturated heterocycles. The van der Waals surface area contributed by atoms with Crippen molar-refractivity contribution < 1.29 is 19.0 Å². The second-order valence-corrected chi connectivity index (χ2v) is 4.44. The number of carbonyl (C=O) groups excluding carboxylic acids is 1. The van der Waals surface area contributed by atoms with Gasteiger partial charge in [0.15, 0.2) is 11.5 Å². The van der Waals surface area contributed by atoms with Crippen LogP contribution >= 0.6 is 12.6 Å². The normalized spacial score (nSPS) is 10.1. The molecule has 0 radical (unpaired) electrons. The van der Waals surface area contributed by atoms with E-state index in [9.17, 15) is 4.79 Å². The van der Waals surface area contributed by atoms with Gasteiger partial charge < -0.3 is 14.2 Å². The summed E-state index contributed by atoms with van der Waals surface area (Å²) in [7, 11) is 2.89. The highest BCUT2D eigenvalue weighted by atomic mass is 32.1. The van der Waals surface area contributed by atoms with E-state index in [4.69, 9.17) is 9.47 Å². The van der Waals surface area contributed by atoms with E-state index in [1.165, 1.54) is 7.11 Å². The number of rotatable bonds is 8. The third kappa shape index (κ3) is 5.03. The van der Waals surface area contributed by atoms with Gasteiger partial charge in [0, 0.05) is 0 Å². The van der Waals surface area contributed by atoms with E-state index in [0.29, 0.717) is 23.7 Å². The summed E-state index contributed by atoms with van der Waals surface area (Å²) in [6.07, 6.45) is 3.15. The Morgan fingerprint density at radius 2 is 1.95 bits per heavy atom. The maximum Gasteiger partial charge on any atom is 0.337 e. The molecular weight excluding hydrogens is 264 g/mol. The first-order valence-electron chi connectivity index (χ1n) is 6.23. The van der Waals surface area contributed by atoms with Gasteiger partial charge in [0.1, 0.15) is 0 Å². The summed E-state index contributed by atoms with van der Waals surface area (Å²) >= 11 is 4.16. The lowest BCUT2D eigenvalue weighted by atomic mass is 10.2. The predicted octanol–water partition coefficient (Wildman–Crippen LogP) is 2.96. The molecular formula is C14H20O4S. The highest BCUT2D eigenvalue weighted by Crippen LogP contribution is 2.28. The van der Waals surface area contributed by atoms with Crippen LogP contribution in [-0.2, 0) is 4.74 Å². The molecule has 0 aliphatic rings. The fourth-order valence-corrected chi connectivity index (χ4v) is 1.83. The molecule has 0 amide bonds. The Morgan fingerprint density at radius 1 is 1.16 bits per heavy atom. The Bertz CT molecular complexity index is 406. The van der Waals surface area contributed by atoms with E-state index < -0.39 is 5.97 Å². The monoisotopic (exact) mass is 284 g/mol. The summed E-state index contributed by atoms with van der Waals surface area (Å²) in [5.74, 6) is 1.69. The number of thiol groups is 1. The van der Waals surface area contributed by atoms with E-state index in [1.54, 1.807) is 25.3 Å². The van der Waals surface area contributed by atoms with Gasteiger partial charge in [0.25, 0.3) is 0 Å². The second-order valence-electron chi connectivity index (χ2n) is 3.99. The molecule has 0 aliphatic heterocycles. The maximum atomic E-state index is 11.4. The topological polar surface area (TPSA) is 44.8 Å². The highest BCUT2D eigenvalue weighted by Gasteiger charge is 2.11. The molecule has 4 nitrogen and oxygen atoms in total. The number of benzene rings is 1. The van der Waals surface area contributed by atoms with Gasteiger partial charge in [-0.1, -0.05) is 0 Å². The molecule has 5 heteroatoms. The molecule has 0 N–H and O–H groups in total. The fourth-order valence-electron chi connectivity index (χ4n) is 1.60. The number of ether oxygens (including phenoxy) is 3. The van der Waals surface area contributed by atoms with Crippen LogP contribution < -0.4 is 9.47 Å². The molecule has 1 aromatic rings. The third-order valence-electron chi connectivity index (χ3n) is 2.64. The quantitative estimate of drug-likeness (QED) is 0.453. The van der Waals surface area contributed by atoms with E-state index in [1.807, 2.05) is 0 Å². The molecule has 0 aliphatic carbocycles. The zero-order chi connectivity index (χ0) is 14.1. The minimum atomic E-state index is -0.390. The lowest BCUT2D eigenvalue weighted by Gasteiger charge is -2.11. The largest absolute Gasteiger partial charge is 0.493 e.